The van der Waals surface area contributed by atoms with Crippen LogP contribution < -0.4 is 19.7 Å². The lowest BCUT2D eigenvalue weighted by Crippen LogP contribution is -3.11. The molecule has 2 amide bonds. The van der Waals surface area contributed by atoms with Crippen LogP contribution in [0.5, 0.6) is 11.5 Å². The fraction of sp³-hybridized carbons (Fsp3) is 0.500. The maximum absolute atomic E-state index is 11.9. The van der Waals surface area contributed by atoms with Crippen LogP contribution in [0, 0.1) is 0 Å². The van der Waals surface area contributed by atoms with Crippen molar-refractivity contribution >= 4 is 23.6 Å². The van der Waals surface area contributed by atoms with Crippen LogP contribution in [0.15, 0.2) is 12.1 Å². The van der Waals surface area contributed by atoms with E-state index >= 15 is 0 Å². The van der Waals surface area contributed by atoms with Crippen LogP contribution in [0.4, 0.5) is 4.79 Å². The van der Waals surface area contributed by atoms with E-state index in [1.807, 2.05) is 19.1 Å². The van der Waals surface area contributed by atoms with Gasteiger partial charge in [-0.3, -0.25) is 10.1 Å². The van der Waals surface area contributed by atoms with Crippen LogP contribution in [0.25, 0.3) is 0 Å². The Hall–Kier alpha value is -1.99. The first-order valence-corrected chi connectivity index (χ1v) is 8.29. The van der Waals surface area contributed by atoms with Gasteiger partial charge in [0, 0.05) is 5.56 Å². The largest absolute Gasteiger partial charge is 0.486 e. The predicted octanol–water partition coefficient (Wildman–Crippen LogP) is 0.789. The number of fused-ring (bicyclic) bond motifs is 1. The van der Waals surface area contributed by atoms with Gasteiger partial charge in [-0.1, -0.05) is 11.6 Å². The van der Waals surface area contributed by atoms with Crippen LogP contribution in [0.2, 0.25) is 5.02 Å². The molecule has 0 aliphatic carbocycles. The molecule has 1 aromatic rings. The first-order chi connectivity index (χ1) is 11.5. The lowest BCUT2D eigenvalue weighted by Gasteiger charge is -2.22. The normalized spacial score (nSPS) is 14.0. The molecule has 2 N–H and O–H groups in total. The minimum absolute atomic E-state index is 0.154. The zero-order valence-corrected chi connectivity index (χ0v) is 14.6. The highest BCUT2D eigenvalue weighted by Gasteiger charge is 2.20. The van der Waals surface area contributed by atoms with Crippen molar-refractivity contribution in [1.29, 1.82) is 0 Å². The molecule has 1 aliphatic rings. The summed E-state index contributed by atoms with van der Waals surface area (Å²) in [5.41, 5.74) is 0.935. The number of hydrogen-bond donors (Lipinski definition) is 2. The number of quaternary nitrogens is 1. The van der Waals surface area contributed by atoms with Gasteiger partial charge in [-0.15, -0.1) is 0 Å². The van der Waals surface area contributed by atoms with E-state index in [9.17, 15) is 9.59 Å². The van der Waals surface area contributed by atoms with Crippen molar-refractivity contribution in [2.45, 2.75) is 20.4 Å². The third kappa shape index (κ3) is 5.01. The Bertz CT molecular complexity index is 608. The standard InChI is InChI=1S/C16H21ClN2O5/c1-3-19(10-14(20)18-16(21)22-4-2)9-11-7-12(17)15-13(8-11)23-5-6-24-15/h7-8H,3-6,9-10H2,1-2H3,(H,18,20,21)/p+1. The Morgan fingerprint density at radius 1 is 1.29 bits per heavy atom. The predicted molar refractivity (Wildman–Crippen MR) is 87.7 cm³/mol. The van der Waals surface area contributed by atoms with Gasteiger partial charge < -0.3 is 19.1 Å². The van der Waals surface area contributed by atoms with Gasteiger partial charge in [-0.05, 0) is 26.0 Å². The number of carbonyl (C=O) groups is 2. The van der Waals surface area contributed by atoms with E-state index in [0.717, 1.165) is 10.5 Å². The summed E-state index contributed by atoms with van der Waals surface area (Å²) in [6, 6.07) is 3.69. The summed E-state index contributed by atoms with van der Waals surface area (Å²) in [6.07, 6.45) is -0.722. The second-order valence-electron chi connectivity index (χ2n) is 5.33. The summed E-state index contributed by atoms with van der Waals surface area (Å²) in [5.74, 6) is 0.800. The quantitative estimate of drug-likeness (QED) is 0.787. The van der Waals surface area contributed by atoms with Crippen LogP contribution >= 0.6 is 11.6 Å². The Kier molecular flexibility index (Phi) is 6.69. The number of ether oxygens (including phenoxy) is 3. The van der Waals surface area contributed by atoms with E-state index in [1.54, 1.807) is 6.92 Å². The summed E-state index contributed by atoms with van der Waals surface area (Å²) in [5, 5.41) is 2.70. The number of carbonyl (C=O) groups excluding carboxylic acids is 2. The van der Waals surface area contributed by atoms with Crippen molar-refractivity contribution in [2.75, 3.05) is 32.9 Å². The number of halogens is 1. The maximum Gasteiger partial charge on any atom is 0.414 e. The van der Waals surface area contributed by atoms with Gasteiger partial charge in [-0.2, -0.15) is 0 Å². The van der Waals surface area contributed by atoms with Crippen LogP contribution in [0.3, 0.4) is 0 Å². The van der Waals surface area contributed by atoms with Gasteiger partial charge in [0.15, 0.2) is 18.0 Å². The minimum atomic E-state index is -0.722. The Morgan fingerprint density at radius 3 is 2.75 bits per heavy atom. The molecule has 0 spiro atoms. The lowest BCUT2D eigenvalue weighted by atomic mass is 10.1. The molecule has 1 atom stereocenters. The van der Waals surface area contributed by atoms with Crippen molar-refractivity contribution in [1.82, 2.24) is 5.32 Å². The lowest BCUT2D eigenvalue weighted by molar-refractivity contribution is -0.904. The molecule has 24 heavy (non-hydrogen) atoms. The van der Waals surface area contributed by atoms with Gasteiger partial charge in [0.1, 0.15) is 19.8 Å². The fourth-order valence-corrected chi connectivity index (χ4v) is 2.71. The molecule has 8 heteroatoms. The molecule has 1 aromatic carbocycles. The van der Waals surface area contributed by atoms with E-state index in [0.29, 0.717) is 42.8 Å². The summed E-state index contributed by atoms with van der Waals surface area (Å²) < 4.78 is 15.8. The smallest absolute Gasteiger partial charge is 0.414 e. The average Bonchev–Trinajstić information content (AvgIpc) is 2.54. The first kappa shape index (κ1) is 18.4. The molecule has 0 fully saturated rings. The zero-order valence-electron chi connectivity index (χ0n) is 13.8. The second kappa shape index (κ2) is 8.75. The number of alkyl carbamates (subject to hydrolysis) is 1. The molecular weight excluding hydrogens is 336 g/mol. The molecule has 132 valence electrons. The number of rotatable bonds is 6. The van der Waals surface area contributed by atoms with E-state index in [1.165, 1.54) is 0 Å². The SMILES string of the molecule is CCOC(=O)NC(=O)C[NH+](CC)Cc1cc(Cl)c2c(c1)OCCO2. The third-order valence-electron chi connectivity index (χ3n) is 3.54. The second-order valence-corrected chi connectivity index (χ2v) is 5.73. The number of imide groups is 1. The molecule has 1 aliphatic heterocycles. The molecule has 2 rings (SSSR count). The van der Waals surface area contributed by atoms with Gasteiger partial charge in [0.05, 0.1) is 18.2 Å². The van der Waals surface area contributed by atoms with Crippen molar-refractivity contribution in [3.63, 3.8) is 0 Å². The van der Waals surface area contributed by atoms with E-state index in [4.69, 9.17) is 25.8 Å². The number of hydrogen-bond acceptors (Lipinski definition) is 5. The van der Waals surface area contributed by atoms with Gasteiger partial charge in [-0.25, -0.2) is 4.79 Å². The number of benzene rings is 1. The van der Waals surface area contributed by atoms with E-state index in [2.05, 4.69) is 5.32 Å². The third-order valence-corrected chi connectivity index (χ3v) is 3.82. The van der Waals surface area contributed by atoms with Gasteiger partial charge in [0.2, 0.25) is 0 Å². The molecule has 1 unspecified atom stereocenters. The highest BCUT2D eigenvalue weighted by Crippen LogP contribution is 2.38. The zero-order chi connectivity index (χ0) is 17.5. The molecule has 0 radical (unpaired) electrons. The van der Waals surface area contributed by atoms with E-state index < -0.39 is 6.09 Å². The molecule has 0 bridgehead atoms. The topological polar surface area (TPSA) is 78.3 Å². The highest BCUT2D eigenvalue weighted by molar-refractivity contribution is 6.32. The van der Waals surface area contributed by atoms with Crippen molar-refractivity contribution in [3.05, 3.63) is 22.7 Å². The molecular formula is C16H22ClN2O5+. The Labute approximate surface area is 145 Å². The Balaban J connectivity index is 1.98. The summed E-state index contributed by atoms with van der Waals surface area (Å²) >= 11 is 6.23. The number of nitrogens with one attached hydrogen (secondary N) is 2. The van der Waals surface area contributed by atoms with E-state index in [-0.39, 0.29) is 19.1 Å². The monoisotopic (exact) mass is 357 g/mol. The molecule has 7 nitrogen and oxygen atoms in total. The van der Waals surface area contributed by atoms with Crippen molar-refractivity contribution in [2.24, 2.45) is 0 Å². The summed E-state index contributed by atoms with van der Waals surface area (Å²) in [7, 11) is 0. The van der Waals surface area contributed by atoms with Gasteiger partial charge in [0.25, 0.3) is 5.91 Å². The number of likely N-dealkylation sites (N-methyl/N-ethyl adjacent to an activating group) is 1. The number of amides is 2. The molecule has 0 aromatic heterocycles. The summed E-state index contributed by atoms with van der Waals surface area (Å²) in [4.78, 5) is 24.1. The summed E-state index contributed by atoms with van der Waals surface area (Å²) in [6.45, 7) is 6.27. The van der Waals surface area contributed by atoms with Crippen LogP contribution in [-0.4, -0.2) is 44.9 Å². The molecule has 0 saturated heterocycles. The molecule has 0 saturated carbocycles. The van der Waals surface area contributed by atoms with Crippen LogP contribution in [0.1, 0.15) is 19.4 Å². The van der Waals surface area contributed by atoms with Gasteiger partial charge >= 0.3 is 6.09 Å². The maximum atomic E-state index is 11.9. The Morgan fingerprint density at radius 2 is 2.04 bits per heavy atom. The van der Waals surface area contributed by atoms with Crippen LogP contribution in [-0.2, 0) is 16.1 Å². The molecule has 1 heterocycles. The minimum Gasteiger partial charge on any atom is -0.486 e. The van der Waals surface area contributed by atoms with Crippen molar-refractivity contribution < 1.29 is 28.7 Å². The highest BCUT2D eigenvalue weighted by atomic mass is 35.5. The fourth-order valence-electron chi connectivity index (χ4n) is 2.42. The average molecular weight is 358 g/mol. The first-order valence-electron chi connectivity index (χ1n) is 7.91. The van der Waals surface area contributed by atoms with Crippen molar-refractivity contribution in [3.8, 4) is 11.5 Å².